The quantitative estimate of drug-likeness (QED) is 0.286. The predicted molar refractivity (Wildman–Crippen MR) is 185 cm³/mol. The van der Waals surface area contributed by atoms with E-state index in [9.17, 15) is 0 Å². The molecule has 7 rings (SSSR count). The Morgan fingerprint density at radius 3 is 2.49 bits per heavy atom. The molecule has 43 heavy (non-hydrogen) atoms. The van der Waals surface area contributed by atoms with Crippen molar-refractivity contribution in [2.24, 2.45) is 0 Å². The summed E-state index contributed by atoms with van der Waals surface area (Å²) in [5, 5.41) is 2.68. The monoisotopic (exact) mass is 565 g/mol. The highest BCUT2D eigenvalue weighted by molar-refractivity contribution is 6.04. The molecular weight excluding hydrogens is 520 g/mol. The minimum atomic E-state index is -0.0598. The Bertz CT molecular complexity index is 1860. The van der Waals surface area contributed by atoms with Gasteiger partial charge in [-0.1, -0.05) is 74.5 Å². The second-order valence-corrected chi connectivity index (χ2v) is 14.0. The average Bonchev–Trinajstić information content (AvgIpc) is 3.33. The number of fused-ring (bicyclic) bond motifs is 6. The van der Waals surface area contributed by atoms with Gasteiger partial charge < -0.3 is 4.90 Å². The van der Waals surface area contributed by atoms with E-state index in [1.165, 1.54) is 78.9 Å². The highest BCUT2D eigenvalue weighted by Crippen LogP contribution is 2.50. The summed E-state index contributed by atoms with van der Waals surface area (Å²) in [7, 11) is 4.47. The predicted octanol–water partition coefficient (Wildman–Crippen LogP) is 10.1. The molecule has 0 unspecified atom stereocenters. The third-order valence-corrected chi connectivity index (χ3v) is 10.8. The molecule has 4 aliphatic rings. The topological polar surface area (TPSA) is 6.25 Å². The SMILES string of the molecule is CC1=C(/C=C/C2=[N+](C)c3ccc4c(c3C2(C)C)C=CCC4)CCC/C1=C\C=C1\N(C)c2ccc3ccccc3c2C1(C)C. The van der Waals surface area contributed by atoms with Crippen molar-refractivity contribution in [2.75, 3.05) is 19.0 Å². The van der Waals surface area contributed by atoms with E-state index >= 15 is 0 Å². The van der Waals surface area contributed by atoms with Crippen molar-refractivity contribution in [3.63, 3.8) is 0 Å². The fourth-order valence-electron chi connectivity index (χ4n) is 8.45. The number of benzene rings is 3. The lowest BCUT2D eigenvalue weighted by atomic mass is 9.76. The Hall–Kier alpha value is -3.91. The summed E-state index contributed by atoms with van der Waals surface area (Å²) in [6.45, 7) is 11.9. The third-order valence-electron chi connectivity index (χ3n) is 10.8. The zero-order valence-corrected chi connectivity index (χ0v) is 27.0. The molecule has 2 aliphatic carbocycles. The van der Waals surface area contributed by atoms with E-state index in [0.717, 1.165) is 25.7 Å². The molecule has 3 aromatic rings. The van der Waals surface area contributed by atoms with Crippen LogP contribution in [0.4, 0.5) is 11.4 Å². The van der Waals surface area contributed by atoms with Crippen LogP contribution in [0, 0.1) is 0 Å². The molecule has 0 bridgehead atoms. The van der Waals surface area contributed by atoms with Gasteiger partial charge in [0, 0.05) is 41.6 Å². The molecule has 0 saturated carbocycles. The van der Waals surface area contributed by atoms with E-state index < -0.39 is 0 Å². The number of likely N-dealkylation sites (N-methyl/N-ethyl adjacent to an activating group) is 1. The van der Waals surface area contributed by atoms with Gasteiger partial charge in [-0.15, -0.1) is 0 Å². The molecule has 0 amide bonds. The van der Waals surface area contributed by atoms with Crippen molar-refractivity contribution in [3.8, 4) is 0 Å². The summed E-state index contributed by atoms with van der Waals surface area (Å²) in [5.41, 5.74) is 15.6. The zero-order chi connectivity index (χ0) is 30.1. The van der Waals surface area contributed by atoms with Crippen molar-refractivity contribution in [1.29, 1.82) is 0 Å². The molecule has 2 nitrogen and oxygen atoms in total. The van der Waals surface area contributed by atoms with Crippen LogP contribution in [-0.2, 0) is 17.3 Å². The fourth-order valence-corrected chi connectivity index (χ4v) is 8.45. The molecule has 0 aromatic heterocycles. The molecule has 2 aliphatic heterocycles. The van der Waals surface area contributed by atoms with Crippen LogP contribution in [0.1, 0.15) is 82.6 Å². The molecule has 218 valence electrons. The normalized spacial score (nSPS) is 22.3. The van der Waals surface area contributed by atoms with Crippen LogP contribution in [0.15, 0.2) is 101 Å². The van der Waals surface area contributed by atoms with Gasteiger partial charge in [0.1, 0.15) is 7.05 Å². The van der Waals surface area contributed by atoms with Gasteiger partial charge in [-0.3, -0.25) is 0 Å². The maximum atomic E-state index is 2.42. The van der Waals surface area contributed by atoms with Crippen LogP contribution in [0.3, 0.4) is 0 Å². The van der Waals surface area contributed by atoms with Gasteiger partial charge in [-0.05, 0) is 109 Å². The maximum Gasteiger partial charge on any atom is 0.210 e. The number of rotatable bonds is 3. The van der Waals surface area contributed by atoms with Crippen molar-refractivity contribution < 1.29 is 4.58 Å². The molecule has 0 spiro atoms. The number of nitrogens with zero attached hydrogens (tertiary/aromatic N) is 2. The van der Waals surface area contributed by atoms with E-state index in [2.05, 4.69) is 143 Å². The van der Waals surface area contributed by atoms with Gasteiger partial charge in [0.25, 0.3) is 0 Å². The Morgan fingerprint density at radius 1 is 0.837 bits per heavy atom. The van der Waals surface area contributed by atoms with Crippen molar-refractivity contribution in [3.05, 3.63) is 124 Å². The van der Waals surface area contributed by atoms with E-state index in [1.807, 2.05) is 0 Å². The first kappa shape index (κ1) is 27.9. The second-order valence-electron chi connectivity index (χ2n) is 14.0. The molecule has 0 N–H and O–H groups in total. The lowest BCUT2D eigenvalue weighted by Crippen LogP contribution is -2.27. The number of allylic oxidation sites excluding steroid dienone is 9. The highest BCUT2D eigenvalue weighted by Gasteiger charge is 2.45. The Labute approximate surface area is 258 Å². The summed E-state index contributed by atoms with van der Waals surface area (Å²) in [5.74, 6) is 0. The van der Waals surface area contributed by atoms with Gasteiger partial charge in [-0.2, -0.15) is 4.58 Å². The molecule has 2 heterocycles. The van der Waals surface area contributed by atoms with Crippen LogP contribution in [0.25, 0.3) is 16.8 Å². The van der Waals surface area contributed by atoms with Crippen molar-refractivity contribution >= 4 is 33.9 Å². The molecule has 0 radical (unpaired) electrons. The Kier molecular flexibility index (Phi) is 6.54. The zero-order valence-electron chi connectivity index (χ0n) is 27.0. The molecule has 0 saturated heterocycles. The van der Waals surface area contributed by atoms with E-state index in [4.69, 9.17) is 0 Å². The van der Waals surface area contributed by atoms with Gasteiger partial charge in [0.05, 0.1) is 5.41 Å². The summed E-state index contributed by atoms with van der Waals surface area (Å²) in [6.07, 6.45) is 20.1. The molecule has 0 fully saturated rings. The summed E-state index contributed by atoms with van der Waals surface area (Å²) < 4.78 is 2.42. The van der Waals surface area contributed by atoms with Gasteiger partial charge >= 0.3 is 0 Å². The highest BCUT2D eigenvalue weighted by atomic mass is 15.2. The van der Waals surface area contributed by atoms with E-state index in [0.29, 0.717) is 0 Å². The molecule has 3 aromatic carbocycles. The van der Waals surface area contributed by atoms with Crippen molar-refractivity contribution in [2.45, 2.75) is 77.6 Å². The Morgan fingerprint density at radius 2 is 1.65 bits per heavy atom. The number of aryl methyl sites for hydroxylation is 1. The van der Waals surface area contributed by atoms with Crippen molar-refractivity contribution in [1.82, 2.24) is 0 Å². The largest absolute Gasteiger partial charge is 0.347 e. The van der Waals surface area contributed by atoms with Gasteiger partial charge in [0.2, 0.25) is 5.69 Å². The number of hydrogen-bond donors (Lipinski definition) is 0. The van der Waals surface area contributed by atoms with Crippen LogP contribution >= 0.6 is 0 Å². The van der Waals surface area contributed by atoms with Gasteiger partial charge in [0.15, 0.2) is 5.71 Å². The summed E-state index contributed by atoms with van der Waals surface area (Å²) >= 11 is 0. The first-order valence-electron chi connectivity index (χ1n) is 16.1. The first-order valence-corrected chi connectivity index (χ1v) is 16.1. The Balaban J connectivity index is 1.21. The lowest BCUT2D eigenvalue weighted by molar-refractivity contribution is -0.401. The molecule has 0 atom stereocenters. The lowest BCUT2D eigenvalue weighted by Gasteiger charge is -2.25. The number of hydrogen-bond acceptors (Lipinski definition) is 1. The van der Waals surface area contributed by atoms with Crippen LogP contribution in [0.5, 0.6) is 0 Å². The standard InChI is InChI=1S/C41H45N2/c1-27-28(21-25-36-40(2,3)38-32-17-10-8-13-30(32)19-23-34(38)42(36)6)15-12-16-29(27)22-26-37-41(4,5)39-33-18-11-9-14-31(33)20-24-35(39)43(37)7/h8,10-11,13,17-26H,9,12,14-16H2,1-7H3/q+1. The third kappa shape index (κ3) is 4.25. The minimum absolute atomic E-state index is 0.0301. The molecule has 2 heteroatoms. The van der Waals surface area contributed by atoms with E-state index in [-0.39, 0.29) is 10.8 Å². The molecular formula is C41H45N2+. The fraction of sp³-hybridized carbons (Fsp3) is 0.341. The van der Waals surface area contributed by atoms with Crippen LogP contribution < -0.4 is 4.90 Å². The number of anilines is 1. The average molecular weight is 566 g/mol. The van der Waals surface area contributed by atoms with Crippen LogP contribution in [-0.4, -0.2) is 24.4 Å². The van der Waals surface area contributed by atoms with Crippen LogP contribution in [0.2, 0.25) is 0 Å². The van der Waals surface area contributed by atoms with Gasteiger partial charge in [-0.25, -0.2) is 0 Å². The first-order chi connectivity index (χ1) is 20.6. The summed E-state index contributed by atoms with van der Waals surface area (Å²) in [4.78, 5) is 2.40. The van der Waals surface area contributed by atoms with E-state index in [1.54, 1.807) is 0 Å². The second kappa shape index (κ2) is 10.1. The minimum Gasteiger partial charge on any atom is -0.347 e. The summed E-state index contributed by atoms with van der Waals surface area (Å²) in [6, 6.07) is 18.1. The maximum absolute atomic E-state index is 2.42. The smallest absolute Gasteiger partial charge is 0.210 e.